The van der Waals surface area contributed by atoms with Crippen LogP contribution in [0.3, 0.4) is 0 Å². The van der Waals surface area contributed by atoms with E-state index in [-0.39, 0.29) is 28.0 Å². The van der Waals surface area contributed by atoms with Gasteiger partial charge in [0.1, 0.15) is 5.69 Å². The zero-order valence-electron chi connectivity index (χ0n) is 10.4. The molecule has 0 unspecified atom stereocenters. The number of carbonyl (C=O) groups excluding carboxylic acids is 1. The number of carbonyl (C=O) groups is 1. The van der Waals surface area contributed by atoms with Gasteiger partial charge in [-0.15, -0.1) is 5.10 Å². The lowest BCUT2D eigenvalue weighted by molar-refractivity contribution is 0.0936. The molecule has 0 saturated heterocycles. The second-order valence-corrected chi connectivity index (χ2v) is 4.81. The predicted molar refractivity (Wildman–Crippen MR) is 69.4 cm³/mol. The average molecular weight is 283 g/mol. The fourth-order valence-electron chi connectivity index (χ4n) is 1.64. The number of rotatable bonds is 3. The first kappa shape index (κ1) is 13.5. The minimum absolute atomic E-state index is 0.0516. The smallest absolute Gasteiger partial charge is 0.241 e. The molecule has 0 radical (unpaired) electrons. The van der Waals surface area contributed by atoms with Crippen LogP contribution in [0.1, 0.15) is 24.2 Å². The van der Waals surface area contributed by atoms with Gasteiger partial charge in [-0.3, -0.25) is 4.79 Å². The molecular formula is C13H12ClFN2O2. The van der Waals surface area contributed by atoms with E-state index in [4.69, 9.17) is 11.6 Å². The van der Waals surface area contributed by atoms with E-state index < -0.39 is 11.7 Å². The monoisotopic (exact) mass is 282 g/mol. The number of benzene rings is 1. The molecule has 0 atom stereocenters. The van der Waals surface area contributed by atoms with Crippen molar-refractivity contribution >= 4 is 17.4 Å². The maximum atomic E-state index is 13.8. The van der Waals surface area contributed by atoms with Gasteiger partial charge in [0.05, 0.1) is 10.6 Å². The van der Waals surface area contributed by atoms with Crippen LogP contribution >= 0.6 is 11.6 Å². The van der Waals surface area contributed by atoms with Crippen molar-refractivity contribution in [3.63, 3.8) is 0 Å². The lowest BCUT2D eigenvalue weighted by atomic mass is 10.0. The van der Waals surface area contributed by atoms with Crippen molar-refractivity contribution in [2.45, 2.75) is 13.8 Å². The fraction of sp³-hybridized carbons (Fsp3) is 0.231. The van der Waals surface area contributed by atoms with Gasteiger partial charge in [-0.1, -0.05) is 31.5 Å². The summed E-state index contributed by atoms with van der Waals surface area (Å²) in [6.45, 7) is 3.41. The zero-order valence-corrected chi connectivity index (χ0v) is 11.1. The number of aromatic hydroxyl groups is 1. The third-order valence-electron chi connectivity index (χ3n) is 2.66. The molecule has 0 aliphatic carbocycles. The number of aromatic nitrogens is 2. The van der Waals surface area contributed by atoms with E-state index in [9.17, 15) is 14.3 Å². The first-order valence-electron chi connectivity index (χ1n) is 5.69. The van der Waals surface area contributed by atoms with Crippen LogP contribution in [0.15, 0.2) is 24.4 Å². The molecule has 1 aromatic carbocycles. The number of hydrogen-bond acceptors (Lipinski definition) is 3. The second kappa shape index (κ2) is 5.01. The van der Waals surface area contributed by atoms with Crippen molar-refractivity contribution in [3.8, 4) is 11.6 Å². The predicted octanol–water partition coefficient (Wildman–Crippen LogP) is 3.21. The molecule has 0 fully saturated rings. The lowest BCUT2D eigenvalue weighted by Crippen LogP contribution is -2.06. The molecule has 2 aromatic rings. The van der Waals surface area contributed by atoms with E-state index in [0.717, 1.165) is 4.68 Å². The first-order chi connectivity index (χ1) is 8.91. The van der Waals surface area contributed by atoms with Crippen LogP contribution in [0.5, 0.6) is 5.88 Å². The summed E-state index contributed by atoms with van der Waals surface area (Å²) < 4.78 is 14.9. The Morgan fingerprint density at radius 2 is 2.16 bits per heavy atom. The van der Waals surface area contributed by atoms with Gasteiger partial charge >= 0.3 is 0 Å². The van der Waals surface area contributed by atoms with Crippen molar-refractivity contribution < 1.29 is 14.3 Å². The Kier molecular flexibility index (Phi) is 3.57. The molecular weight excluding hydrogens is 271 g/mol. The lowest BCUT2D eigenvalue weighted by Gasteiger charge is -2.03. The molecule has 0 aliphatic heterocycles. The van der Waals surface area contributed by atoms with Gasteiger partial charge < -0.3 is 5.11 Å². The molecule has 19 heavy (non-hydrogen) atoms. The Morgan fingerprint density at radius 3 is 2.79 bits per heavy atom. The summed E-state index contributed by atoms with van der Waals surface area (Å²) in [5.41, 5.74) is 0.139. The summed E-state index contributed by atoms with van der Waals surface area (Å²) >= 11 is 5.68. The van der Waals surface area contributed by atoms with Gasteiger partial charge in [0.15, 0.2) is 11.6 Å². The summed E-state index contributed by atoms with van der Waals surface area (Å²) in [5.74, 6) is -1.62. The Labute approximate surface area is 114 Å². The summed E-state index contributed by atoms with van der Waals surface area (Å²) in [5, 5.41) is 13.4. The SMILES string of the molecule is CC(C)C(=O)c1cn(-c2cccc(Cl)c2F)nc1O. The molecule has 4 nitrogen and oxygen atoms in total. The van der Waals surface area contributed by atoms with Crippen LogP contribution in [0, 0.1) is 11.7 Å². The van der Waals surface area contributed by atoms with Gasteiger partial charge in [-0.05, 0) is 12.1 Å². The van der Waals surface area contributed by atoms with Crippen molar-refractivity contribution in [2.75, 3.05) is 0 Å². The Morgan fingerprint density at radius 1 is 1.47 bits per heavy atom. The molecule has 2 rings (SSSR count). The maximum absolute atomic E-state index is 13.8. The fourth-order valence-corrected chi connectivity index (χ4v) is 1.81. The van der Waals surface area contributed by atoms with E-state index in [1.165, 1.54) is 18.3 Å². The molecule has 1 N–H and O–H groups in total. The average Bonchev–Trinajstić information content (AvgIpc) is 2.73. The van der Waals surface area contributed by atoms with Crippen LogP contribution in [0.4, 0.5) is 4.39 Å². The maximum Gasteiger partial charge on any atom is 0.241 e. The summed E-state index contributed by atoms with van der Waals surface area (Å²) in [6, 6.07) is 4.42. The van der Waals surface area contributed by atoms with Crippen molar-refractivity contribution in [1.29, 1.82) is 0 Å². The number of ketones is 1. The molecule has 0 bridgehead atoms. The van der Waals surface area contributed by atoms with Crippen molar-refractivity contribution in [1.82, 2.24) is 9.78 Å². The van der Waals surface area contributed by atoms with E-state index in [0.29, 0.717) is 0 Å². The minimum atomic E-state index is -0.657. The molecule has 0 aliphatic rings. The largest absolute Gasteiger partial charge is 0.492 e. The number of nitrogens with zero attached hydrogens (tertiary/aromatic N) is 2. The summed E-state index contributed by atoms with van der Waals surface area (Å²) in [4.78, 5) is 11.8. The molecule has 6 heteroatoms. The summed E-state index contributed by atoms with van der Waals surface area (Å²) in [7, 11) is 0. The van der Waals surface area contributed by atoms with Gasteiger partial charge in [0.2, 0.25) is 5.88 Å². The highest BCUT2D eigenvalue weighted by atomic mass is 35.5. The zero-order chi connectivity index (χ0) is 14.2. The molecule has 0 saturated carbocycles. The van der Waals surface area contributed by atoms with E-state index in [1.807, 2.05) is 0 Å². The topological polar surface area (TPSA) is 55.1 Å². The quantitative estimate of drug-likeness (QED) is 0.880. The van der Waals surface area contributed by atoms with E-state index in [2.05, 4.69) is 5.10 Å². The van der Waals surface area contributed by atoms with Crippen molar-refractivity contribution in [2.24, 2.45) is 5.92 Å². The number of hydrogen-bond donors (Lipinski definition) is 1. The van der Waals surface area contributed by atoms with E-state index in [1.54, 1.807) is 19.9 Å². The normalized spacial score (nSPS) is 11.0. The summed E-state index contributed by atoms with van der Waals surface area (Å²) in [6.07, 6.45) is 1.30. The Balaban J connectivity index is 2.51. The van der Waals surface area contributed by atoms with Gasteiger partial charge in [-0.25, -0.2) is 9.07 Å². The van der Waals surface area contributed by atoms with Crippen LogP contribution in [0.2, 0.25) is 5.02 Å². The standard InChI is InChI=1S/C13H12ClFN2O2/c1-7(2)12(18)8-6-17(16-13(8)19)10-5-3-4-9(14)11(10)15/h3-7H,1-2H3,(H,16,19). The molecule has 100 valence electrons. The third kappa shape index (κ3) is 2.46. The highest BCUT2D eigenvalue weighted by Gasteiger charge is 2.20. The van der Waals surface area contributed by atoms with Crippen molar-refractivity contribution in [3.05, 3.63) is 40.8 Å². The molecule has 1 aromatic heterocycles. The highest BCUT2D eigenvalue weighted by Crippen LogP contribution is 2.25. The number of halogens is 2. The highest BCUT2D eigenvalue weighted by molar-refractivity contribution is 6.30. The van der Waals surface area contributed by atoms with Gasteiger partial charge in [0, 0.05) is 12.1 Å². The van der Waals surface area contributed by atoms with Crippen LogP contribution < -0.4 is 0 Å². The molecule has 0 spiro atoms. The Bertz CT molecular complexity index is 638. The Hall–Kier alpha value is -1.88. The number of Topliss-reactive ketones (excluding diaryl/α,β-unsaturated/α-hetero) is 1. The van der Waals surface area contributed by atoms with Gasteiger partial charge in [-0.2, -0.15) is 0 Å². The minimum Gasteiger partial charge on any atom is -0.492 e. The van der Waals surface area contributed by atoms with Crippen LogP contribution in [-0.4, -0.2) is 20.7 Å². The molecule has 0 amide bonds. The van der Waals surface area contributed by atoms with E-state index >= 15 is 0 Å². The van der Waals surface area contributed by atoms with Gasteiger partial charge in [0.25, 0.3) is 0 Å². The van der Waals surface area contributed by atoms with Crippen LogP contribution in [0.25, 0.3) is 5.69 Å². The second-order valence-electron chi connectivity index (χ2n) is 4.40. The molecule has 1 heterocycles. The van der Waals surface area contributed by atoms with Crippen LogP contribution in [-0.2, 0) is 0 Å². The first-order valence-corrected chi connectivity index (χ1v) is 6.07. The third-order valence-corrected chi connectivity index (χ3v) is 2.95.